The van der Waals surface area contributed by atoms with E-state index in [9.17, 15) is 29.1 Å². The molecule has 1 aromatic carbocycles. The predicted octanol–water partition coefficient (Wildman–Crippen LogP) is -0.661. The molecular weight excluding hydrogens is 446 g/mol. The lowest BCUT2D eigenvalue weighted by Gasteiger charge is -2.26. The number of aromatic amines is 1. The van der Waals surface area contributed by atoms with Crippen LogP contribution >= 0.6 is 0 Å². The van der Waals surface area contributed by atoms with Gasteiger partial charge in [-0.3, -0.25) is 19.2 Å². The average Bonchev–Trinajstić information content (AvgIpc) is 3.18. The summed E-state index contributed by atoms with van der Waals surface area (Å²) in [6, 6.07) is 3.41. The summed E-state index contributed by atoms with van der Waals surface area (Å²) < 4.78 is 0. The molecule has 1 aromatic heterocycles. The Morgan fingerprint density at radius 1 is 0.971 bits per heavy atom. The molecule has 34 heavy (non-hydrogen) atoms. The molecule has 1 heterocycles. The molecule has 3 atom stereocenters. The van der Waals surface area contributed by atoms with Crippen LogP contribution in [0.5, 0.6) is 0 Å². The number of hydrogen-bond donors (Lipinski definition) is 7. The number of carbonyl (C=O) groups excluding carboxylic acids is 3. The standard InChI is InChI=1S/C22H29N5O7/c1-11(2)19(27-20(31)15(8-18(29)30)25-17(28)9-23)21(32)26-16(22(33)34)7-12-10-24-14-6-4-3-5-13(12)14/h3-6,10-11,15-16,19,24H,7-9,23H2,1-2H3,(H,25,28)(H,26,32)(H,27,31)(H,29,30)(H,33,34). The van der Waals surface area contributed by atoms with Crippen molar-refractivity contribution in [3.8, 4) is 0 Å². The number of nitrogens with one attached hydrogen (secondary N) is 4. The third-order valence-electron chi connectivity index (χ3n) is 5.18. The van der Waals surface area contributed by atoms with Gasteiger partial charge in [0.05, 0.1) is 13.0 Å². The van der Waals surface area contributed by atoms with Gasteiger partial charge < -0.3 is 36.9 Å². The summed E-state index contributed by atoms with van der Waals surface area (Å²) in [5.41, 5.74) is 6.73. The molecule has 0 aliphatic rings. The number of fused-ring (bicyclic) bond motifs is 1. The third-order valence-corrected chi connectivity index (χ3v) is 5.18. The zero-order chi connectivity index (χ0) is 25.4. The topological polar surface area (TPSA) is 204 Å². The van der Waals surface area contributed by atoms with Crippen LogP contribution in [0.3, 0.4) is 0 Å². The van der Waals surface area contributed by atoms with Crippen molar-refractivity contribution < 1.29 is 34.2 Å². The van der Waals surface area contributed by atoms with Gasteiger partial charge in [-0.25, -0.2) is 4.79 Å². The van der Waals surface area contributed by atoms with Gasteiger partial charge in [0.25, 0.3) is 0 Å². The molecular formula is C22H29N5O7. The zero-order valence-corrected chi connectivity index (χ0v) is 18.8. The van der Waals surface area contributed by atoms with E-state index in [4.69, 9.17) is 10.8 Å². The van der Waals surface area contributed by atoms with Crippen molar-refractivity contribution in [2.24, 2.45) is 11.7 Å². The van der Waals surface area contributed by atoms with Crippen molar-refractivity contribution in [1.82, 2.24) is 20.9 Å². The minimum Gasteiger partial charge on any atom is -0.481 e. The first-order valence-corrected chi connectivity index (χ1v) is 10.6. The van der Waals surface area contributed by atoms with E-state index in [1.165, 1.54) is 0 Å². The molecule has 0 fully saturated rings. The SMILES string of the molecule is CC(C)C(NC(=O)C(CC(=O)O)NC(=O)CN)C(=O)NC(Cc1c[nH]c2ccccc12)C(=O)O. The second-order valence-corrected chi connectivity index (χ2v) is 8.12. The summed E-state index contributed by atoms with van der Waals surface area (Å²) in [4.78, 5) is 63.1. The van der Waals surface area contributed by atoms with Crippen molar-refractivity contribution in [2.45, 2.75) is 44.8 Å². The normalized spacial score (nSPS) is 13.6. The summed E-state index contributed by atoms with van der Waals surface area (Å²) in [5.74, 6) is -5.46. The van der Waals surface area contributed by atoms with E-state index in [-0.39, 0.29) is 6.42 Å². The molecule has 184 valence electrons. The fourth-order valence-corrected chi connectivity index (χ4v) is 3.41. The van der Waals surface area contributed by atoms with Crippen molar-refractivity contribution in [1.29, 1.82) is 0 Å². The molecule has 8 N–H and O–H groups in total. The summed E-state index contributed by atoms with van der Waals surface area (Å²) in [7, 11) is 0. The molecule has 0 aliphatic heterocycles. The Hall–Kier alpha value is -3.93. The van der Waals surface area contributed by atoms with Crippen LogP contribution in [0.2, 0.25) is 0 Å². The molecule has 0 bridgehead atoms. The van der Waals surface area contributed by atoms with Crippen molar-refractivity contribution >= 4 is 40.6 Å². The largest absolute Gasteiger partial charge is 0.481 e. The lowest BCUT2D eigenvalue weighted by Crippen LogP contribution is -2.58. The maximum Gasteiger partial charge on any atom is 0.326 e. The maximum absolute atomic E-state index is 12.9. The van der Waals surface area contributed by atoms with Crippen LogP contribution < -0.4 is 21.7 Å². The van der Waals surface area contributed by atoms with E-state index in [1.54, 1.807) is 20.0 Å². The van der Waals surface area contributed by atoms with Crippen LogP contribution in [-0.2, 0) is 30.4 Å². The highest BCUT2D eigenvalue weighted by Crippen LogP contribution is 2.19. The van der Waals surface area contributed by atoms with Crippen LogP contribution in [0, 0.1) is 5.92 Å². The van der Waals surface area contributed by atoms with E-state index in [0.29, 0.717) is 5.56 Å². The van der Waals surface area contributed by atoms with E-state index < -0.39 is 66.7 Å². The Bertz CT molecular complexity index is 1060. The van der Waals surface area contributed by atoms with Gasteiger partial charge in [-0.1, -0.05) is 32.0 Å². The first-order chi connectivity index (χ1) is 16.0. The quantitative estimate of drug-likeness (QED) is 0.209. The number of aromatic nitrogens is 1. The highest BCUT2D eigenvalue weighted by molar-refractivity contribution is 5.95. The van der Waals surface area contributed by atoms with Gasteiger partial charge in [0.2, 0.25) is 17.7 Å². The number of nitrogens with two attached hydrogens (primary N) is 1. The molecule has 3 unspecified atom stereocenters. The van der Waals surface area contributed by atoms with Crippen LogP contribution in [0.4, 0.5) is 0 Å². The Labute approximate surface area is 195 Å². The fourth-order valence-electron chi connectivity index (χ4n) is 3.41. The monoisotopic (exact) mass is 475 g/mol. The Morgan fingerprint density at radius 3 is 2.24 bits per heavy atom. The molecule has 0 saturated carbocycles. The number of para-hydroxylation sites is 1. The summed E-state index contributed by atoms with van der Waals surface area (Å²) in [6.07, 6.45) is 0.950. The van der Waals surface area contributed by atoms with E-state index in [2.05, 4.69) is 20.9 Å². The van der Waals surface area contributed by atoms with Crippen LogP contribution in [0.15, 0.2) is 30.5 Å². The Kier molecular flexibility index (Phi) is 9.13. The zero-order valence-electron chi connectivity index (χ0n) is 18.8. The van der Waals surface area contributed by atoms with Gasteiger partial charge in [-0.2, -0.15) is 0 Å². The van der Waals surface area contributed by atoms with Crippen LogP contribution in [0.1, 0.15) is 25.8 Å². The molecule has 2 aromatic rings. The van der Waals surface area contributed by atoms with Gasteiger partial charge in [0.15, 0.2) is 0 Å². The van der Waals surface area contributed by atoms with E-state index >= 15 is 0 Å². The van der Waals surface area contributed by atoms with Crippen molar-refractivity contribution in [3.63, 3.8) is 0 Å². The van der Waals surface area contributed by atoms with E-state index in [1.807, 2.05) is 24.3 Å². The molecule has 12 heteroatoms. The first-order valence-electron chi connectivity index (χ1n) is 10.6. The first kappa shape index (κ1) is 26.3. The van der Waals surface area contributed by atoms with Crippen LogP contribution in [0.25, 0.3) is 10.9 Å². The Balaban J connectivity index is 2.15. The number of hydrogen-bond acceptors (Lipinski definition) is 6. The van der Waals surface area contributed by atoms with E-state index in [0.717, 1.165) is 10.9 Å². The Morgan fingerprint density at radius 2 is 1.65 bits per heavy atom. The summed E-state index contributed by atoms with van der Waals surface area (Å²) >= 11 is 0. The van der Waals surface area contributed by atoms with Crippen molar-refractivity contribution in [3.05, 3.63) is 36.0 Å². The lowest BCUT2D eigenvalue weighted by molar-refractivity contribution is -0.143. The molecule has 2 rings (SSSR count). The molecule has 3 amide bonds. The number of carboxylic acid groups (broad SMARTS) is 2. The third kappa shape index (κ3) is 7.04. The second kappa shape index (κ2) is 11.8. The number of benzene rings is 1. The van der Waals surface area contributed by atoms with Gasteiger partial charge in [-0.15, -0.1) is 0 Å². The van der Waals surface area contributed by atoms with Gasteiger partial charge in [0, 0.05) is 23.5 Å². The number of carboxylic acids is 2. The maximum atomic E-state index is 12.9. The van der Waals surface area contributed by atoms with Gasteiger partial charge in [-0.05, 0) is 17.5 Å². The van der Waals surface area contributed by atoms with Crippen molar-refractivity contribution in [2.75, 3.05) is 6.54 Å². The van der Waals surface area contributed by atoms with Gasteiger partial charge >= 0.3 is 11.9 Å². The fraction of sp³-hybridized carbons (Fsp3) is 0.409. The minimum absolute atomic E-state index is 0.00194. The number of rotatable bonds is 12. The van der Waals surface area contributed by atoms with Gasteiger partial charge in [0.1, 0.15) is 18.1 Å². The van der Waals surface area contributed by atoms with Crippen LogP contribution in [-0.4, -0.2) is 69.5 Å². The lowest BCUT2D eigenvalue weighted by atomic mass is 10.0. The second-order valence-electron chi connectivity index (χ2n) is 8.12. The number of aliphatic carboxylic acids is 2. The molecule has 0 saturated heterocycles. The summed E-state index contributed by atoms with van der Waals surface area (Å²) in [6.45, 7) is 2.81. The molecule has 0 aliphatic carbocycles. The molecule has 12 nitrogen and oxygen atoms in total. The molecule has 0 radical (unpaired) electrons. The number of H-pyrrole nitrogens is 1. The minimum atomic E-state index is -1.45. The predicted molar refractivity (Wildman–Crippen MR) is 122 cm³/mol. The highest BCUT2D eigenvalue weighted by atomic mass is 16.4. The number of carbonyl (C=O) groups is 5. The summed E-state index contributed by atoms with van der Waals surface area (Å²) in [5, 5.41) is 26.6. The highest BCUT2D eigenvalue weighted by Gasteiger charge is 2.32. The number of amides is 3. The molecule has 0 spiro atoms. The smallest absolute Gasteiger partial charge is 0.326 e. The average molecular weight is 476 g/mol.